The van der Waals surface area contributed by atoms with Gasteiger partial charge < -0.3 is 10.3 Å². The molecule has 0 aromatic carbocycles. The number of aromatic nitrogens is 2. The van der Waals surface area contributed by atoms with Crippen LogP contribution < -0.4 is 5.73 Å². The van der Waals surface area contributed by atoms with E-state index in [1.165, 1.54) is 25.0 Å². The summed E-state index contributed by atoms with van der Waals surface area (Å²) in [6, 6.07) is 0.311. The van der Waals surface area contributed by atoms with Gasteiger partial charge in [-0.05, 0) is 50.6 Å². The van der Waals surface area contributed by atoms with Crippen molar-refractivity contribution in [3.63, 3.8) is 0 Å². The molecule has 0 amide bonds. The number of nitrogens with two attached hydrogens (primary N) is 1. The first-order valence-corrected chi connectivity index (χ1v) is 8.41. The molecule has 2 rings (SSSR count). The van der Waals surface area contributed by atoms with Crippen molar-refractivity contribution in [3.8, 4) is 0 Å². The van der Waals surface area contributed by atoms with Gasteiger partial charge >= 0.3 is 0 Å². The number of rotatable bonds is 4. The summed E-state index contributed by atoms with van der Waals surface area (Å²) in [5.74, 6) is 0.817. The highest BCUT2D eigenvalue weighted by Crippen LogP contribution is 2.35. The van der Waals surface area contributed by atoms with Crippen LogP contribution in [0.25, 0.3) is 0 Å². The number of aryl methyl sites for hydroxylation is 1. The van der Waals surface area contributed by atoms with E-state index in [4.69, 9.17) is 5.73 Å². The van der Waals surface area contributed by atoms with Gasteiger partial charge in [0.2, 0.25) is 0 Å². The van der Waals surface area contributed by atoms with Crippen LogP contribution in [0.2, 0.25) is 0 Å². The highest BCUT2D eigenvalue weighted by molar-refractivity contribution is 5.07. The average Bonchev–Trinajstić information content (AvgIpc) is 2.74. The maximum Gasteiger partial charge on any atom is 0.0948 e. The molecule has 4 heteroatoms. The smallest absolute Gasteiger partial charge is 0.0948 e. The van der Waals surface area contributed by atoms with Crippen molar-refractivity contribution in [1.82, 2.24) is 14.5 Å². The van der Waals surface area contributed by atoms with Crippen molar-refractivity contribution in [2.24, 2.45) is 17.1 Å². The van der Waals surface area contributed by atoms with Gasteiger partial charge in [-0.25, -0.2) is 4.98 Å². The second-order valence-electron chi connectivity index (χ2n) is 7.39. The van der Waals surface area contributed by atoms with Gasteiger partial charge in [-0.15, -0.1) is 0 Å². The molecule has 1 aliphatic rings. The van der Waals surface area contributed by atoms with Crippen LogP contribution in [0.4, 0.5) is 0 Å². The fourth-order valence-corrected chi connectivity index (χ4v) is 3.63. The Labute approximate surface area is 129 Å². The van der Waals surface area contributed by atoms with E-state index >= 15 is 0 Å². The summed E-state index contributed by atoms with van der Waals surface area (Å²) in [6.45, 7) is 13.2. The van der Waals surface area contributed by atoms with Crippen molar-refractivity contribution < 1.29 is 0 Å². The van der Waals surface area contributed by atoms with E-state index in [2.05, 4.69) is 42.1 Å². The zero-order valence-corrected chi connectivity index (χ0v) is 14.2. The minimum Gasteiger partial charge on any atom is -0.333 e. The molecule has 0 spiro atoms. The van der Waals surface area contributed by atoms with Gasteiger partial charge in [0, 0.05) is 19.3 Å². The predicted octanol–water partition coefficient (Wildman–Crippen LogP) is 3.05. The maximum absolute atomic E-state index is 6.11. The third kappa shape index (κ3) is 3.86. The lowest BCUT2D eigenvalue weighted by atomic mass is 9.77. The van der Waals surface area contributed by atoms with E-state index in [1.54, 1.807) is 0 Å². The quantitative estimate of drug-likeness (QED) is 0.928. The number of likely N-dealkylation sites (tertiary alicyclic amines) is 1. The van der Waals surface area contributed by atoms with Gasteiger partial charge in [-0.1, -0.05) is 20.8 Å². The molecule has 1 aromatic rings. The predicted molar refractivity (Wildman–Crippen MR) is 88.1 cm³/mol. The van der Waals surface area contributed by atoms with Crippen LogP contribution in [0.5, 0.6) is 0 Å². The van der Waals surface area contributed by atoms with E-state index in [9.17, 15) is 0 Å². The fraction of sp³-hybridized carbons (Fsp3) is 0.824. The second kappa shape index (κ2) is 6.93. The second-order valence-corrected chi connectivity index (χ2v) is 7.39. The first-order valence-electron chi connectivity index (χ1n) is 8.41. The largest absolute Gasteiger partial charge is 0.333 e. The number of hydrogen-bond acceptors (Lipinski definition) is 3. The zero-order chi connectivity index (χ0) is 15.5. The third-order valence-corrected chi connectivity index (χ3v) is 5.08. The van der Waals surface area contributed by atoms with Gasteiger partial charge in [0.05, 0.1) is 18.1 Å². The molecule has 0 aliphatic carbocycles. The molecular formula is C17H32N4. The third-order valence-electron chi connectivity index (χ3n) is 5.08. The van der Waals surface area contributed by atoms with Crippen molar-refractivity contribution in [1.29, 1.82) is 0 Å². The normalized spacial score (nSPS) is 23.0. The van der Waals surface area contributed by atoms with Crippen LogP contribution in [0.3, 0.4) is 0 Å². The Hall–Kier alpha value is -0.870. The van der Waals surface area contributed by atoms with E-state index in [0.29, 0.717) is 18.0 Å². The summed E-state index contributed by atoms with van der Waals surface area (Å²) in [7, 11) is 0. The molecule has 1 fully saturated rings. The van der Waals surface area contributed by atoms with E-state index in [-0.39, 0.29) is 0 Å². The van der Waals surface area contributed by atoms with Crippen LogP contribution in [0.1, 0.15) is 58.7 Å². The molecule has 0 radical (unpaired) electrons. The molecule has 2 heterocycles. The molecule has 120 valence electrons. The maximum atomic E-state index is 6.11. The van der Waals surface area contributed by atoms with Gasteiger partial charge in [-0.3, -0.25) is 4.90 Å². The minimum atomic E-state index is 0.311. The Balaban J connectivity index is 2.09. The van der Waals surface area contributed by atoms with E-state index in [0.717, 1.165) is 25.6 Å². The lowest BCUT2D eigenvalue weighted by Crippen LogP contribution is -2.36. The van der Waals surface area contributed by atoms with E-state index in [1.807, 2.05) is 12.5 Å². The Kier molecular flexibility index (Phi) is 5.44. The topological polar surface area (TPSA) is 47.1 Å². The monoisotopic (exact) mass is 292 g/mol. The Morgan fingerprint density at radius 2 is 2.10 bits per heavy atom. The molecule has 21 heavy (non-hydrogen) atoms. The van der Waals surface area contributed by atoms with Crippen molar-refractivity contribution in [2.75, 3.05) is 19.6 Å². The molecule has 4 nitrogen and oxygen atoms in total. The number of nitrogens with zero attached hydrogens (tertiary/aromatic N) is 3. The van der Waals surface area contributed by atoms with Crippen LogP contribution in [0, 0.1) is 11.3 Å². The van der Waals surface area contributed by atoms with Gasteiger partial charge in [0.1, 0.15) is 0 Å². The molecule has 1 aromatic heterocycles. The number of imidazole rings is 1. The summed E-state index contributed by atoms with van der Waals surface area (Å²) in [6.07, 6.45) is 7.81. The molecular weight excluding hydrogens is 260 g/mol. The molecule has 2 N–H and O–H groups in total. The zero-order valence-electron chi connectivity index (χ0n) is 14.2. The Morgan fingerprint density at radius 3 is 2.71 bits per heavy atom. The standard InChI is InChI=1S/C17H32N4/c1-5-20-13-19-12-16(20)15(11-18)21-9-6-7-14(8-10-21)17(2,3)4/h12-15H,5-11,18H2,1-4H3. The first kappa shape index (κ1) is 16.5. The van der Waals surface area contributed by atoms with Crippen molar-refractivity contribution in [3.05, 3.63) is 18.2 Å². The lowest BCUT2D eigenvalue weighted by Gasteiger charge is -2.32. The van der Waals surface area contributed by atoms with Crippen LogP contribution in [0.15, 0.2) is 12.5 Å². The Bertz CT molecular complexity index is 432. The first-order chi connectivity index (χ1) is 9.97. The van der Waals surface area contributed by atoms with E-state index < -0.39 is 0 Å². The van der Waals surface area contributed by atoms with Gasteiger partial charge in [0.15, 0.2) is 0 Å². The molecule has 2 atom stereocenters. The fourth-order valence-electron chi connectivity index (χ4n) is 3.63. The Morgan fingerprint density at radius 1 is 1.33 bits per heavy atom. The van der Waals surface area contributed by atoms with Gasteiger partial charge in [-0.2, -0.15) is 0 Å². The lowest BCUT2D eigenvalue weighted by molar-refractivity contribution is 0.180. The van der Waals surface area contributed by atoms with Gasteiger partial charge in [0.25, 0.3) is 0 Å². The SMILES string of the molecule is CCn1cncc1C(CN)N1CCCC(C(C)(C)C)CC1. The molecule has 2 unspecified atom stereocenters. The molecule has 0 saturated carbocycles. The average molecular weight is 292 g/mol. The highest BCUT2D eigenvalue weighted by atomic mass is 15.2. The number of hydrogen-bond donors (Lipinski definition) is 1. The summed E-state index contributed by atoms with van der Waals surface area (Å²) < 4.78 is 2.23. The van der Waals surface area contributed by atoms with Crippen LogP contribution in [-0.2, 0) is 6.54 Å². The summed E-state index contributed by atoms with van der Waals surface area (Å²) in [5.41, 5.74) is 7.80. The molecule has 0 bridgehead atoms. The van der Waals surface area contributed by atoms with Crippen molar-refractivity contribution >= 4 is 0 Å². The molecule has 1 aliphatic heterocycles. The highest BCUT2D eigenvalue weighted by Gasteiger charge is 2.30. The molecule has 1 saturated heterocycles. The minimum absolute atomic E-state index is 0.311. The summed E-state index contributed by atoms with van der Waals surface area (Å²) >= 11 is 0. The summed E-state index contributed by atoms with van der Waals surface area (Å²) in [4.78, 5) is 6.89. The van der Waals surface area contributed by atoms with Crippen LogP contribution in [-0.4, -0.2) is 34.1 Å². The van der Waals surface area contributed by atoms with Crippen molar-refractivity contribution in [2.45, 2.75) is 59.5 Å². The summed E-state index contributed by atoms with van der Waals surface area (Å²) in [5, 5.41) is 0. The van der Waals surface area contributed by atoms with Crippen LogP contribution >= 0.6 is 0 Å².